The highest BCUT2D eigenvalue weighted by Crippen LogP contribution is 2.37. The number of aromatic nitrogens is 22. The summed E-state index contributed by atoms with van der Waals surface area (Å²) in [6.45, 7) is 12.4. The molecule has 0 atom stereocenters. The number of aryl methyl sites for hydroxylation is 5. The summed E-state index contributed by atoms with van der Waals surface area (Å²) in [5, 5.41) is 56.9. The number of nitrogens with two attached hydrogens (primary N) is 6. The molecule has 0 aliphatic heterocycles. The third kappa shape index (κ3) is 19.5. The van der Waals surface area contributed by atoms with Crippen LogP contribution in [0.5, 0.6) is 0 Å². The van der Waals surface area contributed by atoms with Crippen LogP contribution < -0.4 is 34.4 Å². The van der Waals surface area contributed by atoms with E-state index >= 15 is 0 Å². The van der Waals surface area contributed by atoms with Crippen molar-refractivity contribution in [3.63, 3.8) is 0 Å². The predicted molar refractivity (Wildman–Crippen MR) is 210 cm³/mol. The molecule has 1 saturated carbocycles. The van der Waals surface area contributed by atoms with Crippen molar-refractivity contribution in [2.24, 2.45) is 48.5 Å². The minimum absolute atomic E-state index is 0.361. The third-order valence-electron chi connectivity index (χ3n) is 7.29. The van der Waals surface area contributed by atoms with Crippen LogP contribution in [0.2, 0.25) is 0 Å². The van der Waals surface area contributed by atoms with E-state index in [4.69, 9.17) is 34.4 Å². The van der Waals surface area contributed by atoms with E-state index in [9.17, 15) is 0 Å². The minimum atomic E-state index is 0.361. The van der Waals surface area contributed by atoms with Crippen LogP contribution in [-0.2, 0) is 72.5 Å². The maximum absolute atomic E-state index is 5.36. The molecule has 6 heterocycles. The Kier molecular flexibility index (Phi) is 24.0. The Morgan fingerprint density at radius 3 is 1.69 bits per heavy atom. The predicted octanol–water partition coefficient (Wildman–Crippen LogP) is -4.32. The van der Waals surface area contributed by atoms with Gasteiger partial charge in [-0.1, -0.05) is 6.92 Å². The van der Waals surface area contributed by atoms with E-state index < -0.39 is 0 Å². The first-order chi connectivity index (χ1) is 28.2. The molecule has 0 radical (unpaired) electrons. The molecule has 0 bridgehead atoms. The molecule has 28 nitrogen and oxygen atoms in total. The monoisotopic (exact) mass is 815 g/mol. The van der Waals surface area contributed by atoms with Crippen LogP contribution in [0.3, 0.4) is 0 Å². The van der Waals surface area contributed by atoms with Crippen molar-refractivity contribution >= 4 is 0 Å². The molecule has 28 heteroatoms. The summed E-state index contributed by atoms with van der Waals surface area (Å²) in [5.74, 6) is 4.38. The zero-order valence-corrected chi connectivity index (χ0v) is 34.3. The van der Waals surface area contributed by atoms with Crippen LogP contribution in [0.25, 0.3) is 0 Å². The molecule has 1 aliphatic rings. The van der Waals surface area contributed by atoms with Gasteiger partial charge in [-0.2, -0.15) is 19.2 Å². The van der Waals surface area contributed by atoms with Crippen molar-refractivity contribution in [1.29, 1.82) is 0 Å². The Bertz CT molecular complexity index is 1800. The molecular formula is C30H62N28. The van der Waals surface area contributed by atoms with Gasteiger partial charge in [-0.15, -0.1) is 45.9 Å². The van der Waals surface area contributed by atoms with Gasteiger partial charge >= 0.3 is 0 Å². The fourth-order valence-corrected chi connectivity index (χ4v) is 4.09. The molecular weight excluding hydrogens is 753 g/mol. The lowest BCUT2D eigenvalue weighted by atomic mass is 10.3. The number of nitrogens with zero attached hydrogens (tertiary/aromatic N) is 22. The second-order valence-corrected chi connectivity index (χ2v) is 12.1. The molecule has 0 saturated heterocycles. The molecule has 1 aliphatic carbocycles. The van der Waals surface area contributed by atoms with Crippen molar-refractivity contribution in [1.82, 2.24) is 111 Å². The van der Waals surface area contributed by atoms with Gasteiger partial charge in [0.2, 0.25) is 0 Å². The van der Waals surface area contributed by atoms with Crippen molar-refractivity contribution in [3.05, 3.63) is 47.3 Å². The fourth-order valence-electron chi connectivity index (χ4n) is 4.09. The third-order valence-corrected chi connectivity index (χ3v) is 7.29. The highest BCUT2D eigenvalue weighted by molar-refractivity contribution is 5.00. The quantitative estimate of drug-likeness (QED) is 0.0571. The van der Waals surface area contributed by atoms with Crippen LogP contribution in [0.4, 0.5) is 0 Å². The molecule has 0 amide bonds. The van der Waals surface area contributed by atoms with E-state index in [-0.39, 0.29) is 0 Å². The normalized spacial score (nSPS) is 11.4. The molecule has 0 spiro atoms. The van der Waals surface area contributed by atoms with Gasteiger partial charge in [-0.05, 0) is 77.6 Å². The zero-order valence-electron chi connectivity index (χ0n) is 34.3. The van der Waals surface area contributed by atoms with Gasteiger partial charge in [-0.25, -0.2) is 9.67 Å². The SMILES string of the molecule is CCc1nnn(CCN)n1.CCn1cnc(CCN)c1.CCn1nnc(CN)n1.Cn1nnc(CCN)n1.Cn1nnnc1CCN.NCCn1nnc(C2CC2)n1. The lowest BCUT2D eigenvalue weighted by Gasteiger charge is -1.91. The maximum atomic E-state index is 5.36. The number of imidazole rings is 1. The highest BCUT2D eigenvalue weighted by atomic mass is 15.6. The summed E-state index contributed by atoms with van der Waals surface area (Å²) in [6, 6.07) is 0. The Morgan fingerprint density at radius 2 is 1.22 bits per heavy atom. The van der Waals surface area contributed by atoms with E-state index in [1.807, 2.05) is 30.9 Å². The second-order valence-electron chi connectivity index (χ2n) is 12.1. The first-order valence-electron chi connectivity index (χ1n) is 19.1. The summed E-state index contributed by atoms with van der Waals surface area (Å²) in [6.07, 6.45) is 9.45. The molecule has 0 unspecified atom stereocenters. The standard InChI is InChI=1S/C7H13N3.C6H11N5.C5H11N5.3C4H9N5/c1-2-10-5-7(3-4-8)9-6-10;7-3-4-11-9-6(8-10-11)5-1-2-5;1-2-5-7-9-10(8-5)4-3-6;1-9-4(2-3-5)6-7-8-9;1-9-7-4(2-3-5)6-8-9;1-2-9-7-4(3-5)6-8-9/h5-6H,2-4,8H2,1H3;5H,1-4,7H2;2-4,6H2,1H3;3*2-3,5H2,1H3. The van der Waals surface area contributed by atoms with E-state index in [2.05, 4.69) is 89.1 Å². The minimum Gasteiger partial charge on any atom is -0.337 e. The summed E-state index contributed by atoms with van der Waals surface area (Å²) in [5.41, 5.74) is 32.8. The van der Waals surface area contributed by atoms with Gasteiger partial charge in [0.05, 0.1) is 45.2 Å². The Morgan fingerprint density at radius 1 is 0.603 bits per heavy atom. The van der Waals surface area contributed by atoms with Crippen molar-refractivity contribution in [3.8, 4) is 0 Å². The molecule has 0 aromatic carbocycles. The van der Waals surface area contributed by atoms with Crippen LogP contribution in [-0.4, -0.2) is 143 Å². The van der Waals surface area contributed by atoms with E-state index in [0.717, 1.165) is 55.5 Å². The smallest absolute Gasteiger partial charge is 0.188 e. The van der Waals surface area contributed by atoms with E-state index in [0.29, 0.717) is 76.3 Å². The Balaban J connectivity index is 0.000000241. The van der Waals surface area contributed by atoms with Gasteiger partial charge in [-0.3, -0.25) is 0 Å². The molecule has 1 fully saturated rings. The molecule has 7 rings (SSSR count). The summed E-state index contributed by atoms with van der Waals surface area (Å²) in [4.78, 5) is 10.2. The van der Waals surface area contributed by atoms with Gasteiger partial charge in [0, 0.05) is 64.5 Å². The number of hydrogen-bond acceptors (Lipinski definition) is 22. The molecule has 6 aromatic rings. The van der Waals surface area contributed by atoms with Crippen LogP contribution in [0.1, 0.15) is 74.3 Å². The number of hydrogen-bond donors (Lipinski definition) is 6. The molecule has 58 heavy (non-hydrogen) atoms. The largest absolute Gasteiger partial charge is 0.337 e. The first-order valence-corrected chi connectivity index (χ1v) is 19.1. The molecule has 12 N–H and O–H groups in total. The van der Waals surface area contributed by atoms with Crippen LogP contribution in [0.15, 0.2) is 12.5 Å². The summed E-state index contributed by atoms with van der Waals surface area (Å²) >= 11 is 0. The fraction of sp³-hybridized carbons (Fsp3) is 0.733. The molecule has 322 valence electrons. The Hall–Kier alpha value is -5.68. The number of rotatable bonds is 15. The zero-order chi connectivity index (χ0) is 42.5. The summed E-state index contributed by atoms with van der Waals surface area (Å²) in [7, 11) is 3.53. The van der Waals surface area contributed by atoms with E-state index in [1.54, 1.807) is 23.6 Å². The topological polar surface area (TPSA) is 392 Å². The van der Waals surface area contributed by atoms with Crippen LogP contribution >= 0.6 is 0 Å². The van der Waals surface area contributed by atoms with Crippen molar-refractivity contribution in [2.75, 3.05) is 32.7 Å². The Labute approximate surface area is 336 Å². The molecule has 6 aromatic heterocycles. The lowest BCUT2D eigenvalue weighted by Crippen LogP contribution is -2.12. The number of tetrazole rings is 5. The lowest BCUT2D eigenvalue weighted by molar-refractivity contribution is 0.529. The van der Waals surface area contributed by atoms with Gasteiger partial charge in [0.25, 0.3) is 0 Å². The van der Waals surface area contributed by atoms with Crippen molar-refractivity contribution < 1.29 is 0 Å². The first kappa shape index (κ1) is 48.5. The average Bonchev–Trinajstić information content (AvgIpc) is 3.91. The van der Waals surface area contributed by atoms with Crippen molar-refractivity contribution in [2.45, 2.75) is 97.9 Å². The van der Waals surface area contributed by atoms with Gasteiger partial charge < -0.3 is 39.0 Å². The highest BCUT2D eigenvalue weighted by Gasteiger charge is 2.28. The average molecular weight is 815 g/mol. The van der Waals surface area contributed by atoms with Gasteiger partial charge in [0.15, 0.2) is 29.1 Å². The van der Waals surface area contributed by atoms with Gasteiger partial charge in [0.1, 0.15) is 0 Å². The maximum Gasteiger partial charge on any atom is 0.188 e. The van der Waals surface area contributed by atoms with E-state index in [1.165, 1.54) is 27.2 Å². The van der Waals surface area contributed by atoms with Crippen LogP contribution in [0, 0.1) is 0 Å². The second kappa shape index (κ2) is 28.7. The summed E-state index contributed by atoms with van der Waals surface area (Å²) < 4.78 is 3.66.